The van der Waals surface area contributed by atoms with E-state index in [0.717, 1.165) is 24.0 Å². The van der Waals surface area contributed by atoms with Gasteiger partial charge in [-0.2, -0.15) is 0 Å². The highest BCUT2D eigenvalue weighted by Crippen LogP contribution is 2.55. The minimum Gasteiger partial charge on any atom is -0.457 e. The quantitative estimate of drug-likeness (QED) is 0.166. The third-order valence-corrected chi connectivity index (χ3v) is 10.6. The molecule has 11 heteroatoms. The Hall–Kier alpha value is -1.67. The molecule has 1 heterocycles. The van der Waals surface area contributed by atoms with Crippen LogP contribution in [0.4, 0.5) is 0 Å². The second-order valence-electron chi connectivity index (χ2n) is 14.1. The molecule has 5 N–H and O–H groups in total. The van der Waals surface area contributed by atoms with E-state index in [2.05, 4.69) is 12.7 Å². The zero-order valence-corrected chi connectivity index (χ0v) is 27.7. The van der Waals surface area contributed by atoms with Crippen LogP contribution in [-0.2, 0) is 28.5 Å². The zero-order valence-electron chi connectivity index (χ0n) is 27.7. The topological polar surface area (TPSA) is 164 Å². The van der Waals surface area contributed by atoms with Crippen molar-refractivity contribution in [2.75, 3.05) is 26.9 Å². The fourth-order valence-electron chi connectivity index (χ4n) is 7.65. The molecule has 1 saturated heterocycles. The Labute approximate surface area is 266 Å². The summed E-state index contributed by atoms with van der Waals surface area (Å²) in [6, 6.07) is 0. The standard InChI is InChI=1S/C34H54O11/c1-9-33(5,6)42-16-24-30(43-19(4)36)28(39)29(40)32(44-24)45-31-26-22(17(2)14-35)12-25(37)34(26,7)13-23-20(15-41-8)10-11-21(23)18(3)27(31)38/h9,13,17-18,20-21,24-25,27-32,35,37-40H,1,10-12,14-16H2,2-8H3. The predicted octanol–water partition coefficient (Wildman–Crippen LogP) is 2.04. The van der Waals surface area contributed by atoms with Gasteiger partial charge in [-0.25, -0.2) is 0 Å². The summed E-state index contributed by atoms with van der Waals surface area (Å²) in [6.45, 7) is 14.6. The normalized spacial score (nSPS) is 41.1. The van der Waals surface area contributed by atoms with Crippen LogP contribution in [-0.4, -0.2) is 113 Å². The van der Waals surface area contributed by atoms with Gasteiger partial charge in [0.05, 0.1) is 31.0 Å². The number of ether oxygens (including phenoxy) is 5. The molecule has 11 nitrogen and oxygen atoms in total. The van der Waals surface area contributed by atoms with Crippen LogP contribution in [0.3, 0.4) is 0 Å². The molecule has 13 unspecified atom stereocenters. The molecular weight excluding hydrogens is 584 g/mol. The lowest BCUT2D eigenvalue weighted by atomic mass is 9.68. The first-order valence-electron chi connectivity index (χ1n) is 16.1. The number of hydrogen-bond acceptors (Lipinski definition) is 11. The second kappa shape index (κ2) is 14.2. The van der Waals surface area contributed by atoms with E-state index >= 15 is 0 Å². The first kappa shape index (κ1) is 36.2. The molecule has 4 rings (SSSR count). The molecule has 0 aromatic heterocycles. The van der Waals surface area contributed by atoms with Crippen molar-refractivity contribution in [1.29, 1.82) is 0 Å². The monoisotopic (exact) mass is 638 g/mol. The minimum absolute atomic E-state index is 0.00885. The van der Waals surface area contributed by atoms with Crippen LogP contribution in [0.25, 0.3) is 0 Å². The number of methoxy groups -OCH3 is 1. The summed E-state index contributed by atoms with van der Waals surface area (Å²) in [6.07, 6.45) is -4.23. The number of aliphatic hydroxyl groups is 5. The maximum absolute atomic E-state index is 12.1. The molecule has 3 aliphatic carbocycles. The molecule has 0 amide bonds. The molecule has 1 aliphatic heterocycles. The molecule has 0 aromatic carbocycles. The third kappa shape index (κ3) is 7.12. The molecule has 0 aromatic rings. The highest BCUT2D eigenvalue weighted by Gasteiger charge is 2.55. The van der Waals surface area contributed by atoms with Crippen LogP contribution >= 0.6 is 0 Å². The maximum Gasteiger partial charge on any atom is 0.303 e. The Morgan fingerprint density at radius 2 is 1.87 bits per heavy atom. The molecule has 0 bridgehead atoms. The smallest absolute Gasteiger partial charge is 0.303 e. The molecule has 0 radical (unpaired) electrons. The van der Waals surface area contributed by atoms with Crippen LogP contribution in [0.1, 0.15) is 60.8 Å². The SMILES string of the molecule is C=CC(C)(C)OCC1OC(OC2C3=C(C(C)CO)CC(O)C3(C)C=C3C(COC)CCC3C(C)C2O)C(O)C(O)C1OC(C)=O. The van der Waals surface area contributed by atoms with Gasteiger partial charge in [0.2, 0.25) is 0 Å². The van der Waals surface area contributed by atoms with Crippen molar-refractivity contribution in [2.24, 2.45) is 29.1 Å². The molecule has 2 fully saturated rings. The van der Waals surface area contributed by atoms with Gasteiger partial charge in [0.15, 0.2) is 12.4 Å². The summed E-state index contributed by atoms with van der Waals surface area (Å²) in [4.78, 5) is 11.9. The number of esters is 1. The Morgan fingerprint density at radius 1 is 1.18 bits per heavy atom. The molecular formula is C34H54O11. The lowest BCUT2D eigenvalue weighted by Gasteiger charge is -2.47. The van der Waals surface area contributed by atoms with Crippen LogP contribution in [0.5, 0.6) is 0 Å². The number of carbonyl (C=O) groups is 1. The molecule has 45 heavy (non-hydrogen) atoms. The van der Waals surface area contributed by atoms with Gasteiger partial charge in [0.1, 0.15) is 24.4 Å². The fourth-order valence-corrected chi connectivity index (χ4v) is 7.65. The Morgan fingerprint density at radius 3 is 2.47 bits per heavy atom. The minimum atomic E-state index is -1.65. The van der Waals surface area contributed by atoms with Crippen molar-refractivity contribution >= 4 is 5.97 Å². The number of carbonyl (C=O) groups excluding carboxylic acids is 1. The van der Waals surface area contributed by atoms with E-state index in [1.54, 1.807) is 27.0 Å². The Bertz CT molecular complexity index is 1130. The van der Waals surface area contributed by atoms with Gasteiger partial charge in [-0.15, -0.1) is 6.58 Å². The predicted molar refractivity (Wildman–Crippen MR) is 165 cm³/mol. The lowest BCUT2D eigenvalue weighted by Crippen LogP contribution is -2.62. The van der Waals surface area contributed by atoms with Crippen molar-refractivity contribution in [2.45, 2.75) is 115 Å². The first-order chi connectivity index (χ1) is 21.1. The number of fused-ring (bicyclic) bond motifs is 2. The summed E-state index contributed by atoms with van der Waals surface area (Å²) in [5.74, 6) is -1.13. The van der Waals surface area contributed by atoms with Gasteiger partial charge < -0.3 is 49.2 Å². The van der Waals surface area contributed by atoms with Crippen LogP contribution in [0.15, 0.2) is 35.5 Å². The van der Waals surface area contributed by atoms with E-state index in [4.69, 9.17) is 23.7 Å². The number of hydrogen-bond donors (Lipinski definition) is 5. The first-order valence-corrected chi connectivity index (χ1v) is 16.1. The van der Waals surface area contributed by atoms with E-state index < -0.39 is 66.0 Å². The summed E-state index contributed by atoms with van der Waals surface area (Å²) in [5, 5.41) is 56.4. The maximum atomic E-state index is 12.1. The summed E-state index contributed by atoms with van der Waals surface area (Å²) >= 11 is 0. The molecule has 4 aliphatic rings. The fraction of sp³-hybridized carbons (Fsp3) is 0.794. The van der Waals surface area contributed by atoms with Crippen molar-refractivity contribution in [3.63, 3.8) is 0 Å². The Balaban J connectivity index is 1.78. The van der Waals surface area contributed by atoms with Crippen molar-refractivity contribution in [1.82, 2.24) is 0 Å². The average Bonchev–Trinajstić information content (AvgIpc) is 3.49. The number of rotatable bonds is 11. The summed E-state index contributed by atoms with van der Waals surface area (Å²) in [7, 11) is 1.67. The second-order valence-corrected chi connectivity index (χ2v) is 14.1. The van der Waals surface area contributed by atoms with Crippen LogP contribution < -0.4 is 0 Å². The number of aliphatic hydroxyl groups excluding tert-OH is 5. The zero-order chi connectivity index (χ0) is 33.4. The molecule has 256 valence electrons. The van der Waals surface area contributed by atoms with Crippen LogP contribution in [0.2, 0.25) is 0 Å². The van der Waals surface area contributed by atoms with Gasteiger partial charge >= 0.3 is 5.97 Å². The third-order valence-electron chi connectivity index (χ3n) is 10.6. The summed E-state index contributed by atoms with van der Waals surface area (Å²) in [5.41, 5.74) is 0.841. The Kier molecular flexibility index (Phi) is 11.4. The summed E-state index contributed by atoms with van der Waals surface area (Å²) < 4.78 is 29.6. The van der Waals surface area contributed by atoms with E-state index in [1.165, 1.54) is 6.92 Å². The van der Waals surface area contributed by atoms with Gasteiger partial charge in [-0.1, -0.05) is 37.1 Å². The average molecular weight is 639 g/mol. The van der Waals surface area contributed by atoms with Gasteiger partial charge in [0, 0.05) is 37.9 Å². The molecule has 1 saturated carbocycles. The van der Waals surface area contributed by atoms with E-state index in [-0.39, 0.29) is 43.3 Å². The highest BCUT2D eigenvalue weighted by molar-refractivity contribution is 5.66. The highest BCUT2D eigenvalue weighted by atomic mass is 16.7. The van der Waals surface area contributed by atoms with E-state index in [9.17, 15) is 30.3 Å². The van der Waals surface area contributed by atoms with Crippen molar-refractivity contribution < 1.29 is 54.0 Å². The van der Waals surface area contributed by atoms with Crippen molar-refractivity contribution in [3.8, 4) is 0 Å². The van der Waals surface area contributed by atoms with Crippen molar-refractivity contribution in [3.05, 3.63) is 35.5 Å². The van der Waals surface area contributed by atoms with Gasteiger partial charge in [-0.3, -0.25) is 4.79 Å². The van der Waals surface area contributed by atoms with E-state index in [1.807, 2.05) is 20.8 Å². The molecule has 0 spiro atoms. The van der Waals surface area contributed by atoms with E-state index in [0.29, 0.717) is 12.2 Å². The van der Waals surface area contributed by atoms with Gasteiger partial charge in [0.25, 0.3) is 0 Å². The van der Waals surface area contributed by atoms with Gasteiger partial charge in [-0.05, 0) is 57.4 Å². The molecule has 13 atom stereocenters. The van der Waals surface area contributed by atoms with Crippen LogP contribution in [0, 0.1) is 29.1 Å². The lowest BCUT2D eigenvalue weighted by molar-refractivity contribution is -0.320. The largest absolute Gasteiger partial charge is 0.457 e.